The van der Waals surface area contributed by atoms with Gasteiger partial charge in [-0.05, 0) is 40.8 Å². The average Bonchev–Trinajstić information content (AvgIpc) is 3.06. The molecule has 0 saturated heterocycles. The van der Waals surface area contributed by atoms with Crippen molar-refractivity contribution in [3.05, 3.63) is 55.0 Å². The Morgan fingerprint density at radius 1 is 1.21 bits per heavy atom. The molecule has 0 radical (unpaired) electrons. The van der Waals surface area contributed by atoms with Gasteiger partial charge in [-0.25, -0.2) is 9.78 Å². The van der Waals surface area contributed by atoms with Gasteiger partial charge in [0.2, 0.25) is 0 Å². The van der Waals surface area contributed by atoms with Gasteiger partial charge < -0.3 is 14.6 Å². The first-order valence-corrected chi connectivity index (χ1v) is 9.17. The minimum absolute atomic E-state index is 0.102. The molecule has 10 nitrogen and oxygen atoms in total. The number of carbonyl (C=O) groups is 2. The number of nitrogens with zero attached hydrogens (tertiary/aromatic N) is 4. The number of esters is 1. The van der Waals surface area contributed by atoms with Crippen LogP contribution in [0.3, 0.4) is 0 Å². The molecule has 1 amide bonds. The maximum Gasteiger partial charge on any atom is 0.332 e. The molecule has 0 spiro atoms. The van der Waals surface area contributed by atoms with Gasteiger partial charge in [0, 0.05) is 23.4 Å². The molecule has 3 aromatic rings. The summed E-state index contributed by atoms with van der Waals surface area (Å²) < 4.78 is 9.36. The molecule has 1 N–H and O–H groups in total. The van der Waals surface area contributed by atoms with E-state index in [1.54, 1.807) is 18.2 Å². The zero-order valence-electron chi connectivity index (χ0n) is 15.0. The third-order valence-electron chi connectivity index (χ3n) is 3.99. The smallest absolute Gasteiger partial charge is 0.332 e. The molecule has 0 bridgehead atoms. The number of hydrogen-bond donors (Lipinski definition) is 1. The second kappa shape index (κ2) is 7.96. The predicted molar refractivity (Wildman–Crippen MR) is 109 cm³/mol. The van der Waals surface area contributed by atoms with Crippen LogP contribution in [0.1, 0.15) is 0 Å². The van der Waals surface area contributed by atoms with Crippen LogP contribution < -0.4 is 16.6 Å². The summed E-state index contributed by atoms with van der Waals surface area (Å²) in [5.74, 6) is -1.20. The number of nitrogens with one attached hydrogen (secondary N) is 1. The molecule has 2 aromatic heterocycles. The SMILES string of the molecule is Cn1c(=O)c2c(ncn2CC(=O)OCC(=O)Nc2cccc(I)c2)n(C)c1=O. The Labute approximate surface area is 171 Å². The van der Waals surface area contributed by atoms with Crippen molar-refractivity contribution in [1.29, 1.82) is 0 Å². The molecule has 1 aromatic carbocycles. The normalized spacial score (nSPS) is 10.8. The van der Waals surface area contributed by atoms with Crippen LogP contribution >= 0.6 is 22.6 Å². The highest BCUT2D eigenvalue weighted by molar-refractivity contribution is 14.1. The van der Waals surface area contributed by atoms with E-state index in [9.17, 15) is 19.2 Å². The van der Waals surface area contributed by atoms with Crippen LogP contribution in [-0.4, -0.2) is 37.2 Å². The third kappa shape index (κ3) is 3.98. The lowest BCUT2D eigenvalue weighted by molar-refractivity contribution is -0.147. The molecular weight excluding hydrogens is 481 g/mol. The van der Waals surface area contributed by atoms with Gasteiger partial charge in [0.05, 0.1) is 6.33 Å². The summed E-state index contributed by atoms with van der Waals surface area (Å²) in [5.41, 5.74) is -0.224. The van der Waals surface area contributed by atoms with Crippen LogP contribution in [0.5, 0.6) is 0 Å². The van der Waals surface area contributed by atoms with E-state index in [0.29, 0.717) is 5.69 Å². The Morgan fingerprint density at radius 2 is 1.96 bits per heavy atom. The van der Waals surface area contributed by atoms with Crippen LogP contribution in [0.15, 0.2) is 40.2 Å². The first-order valence-electron chi connectivity index (χ1n) is 8.10. The fourth-order valence-corrected chi connectivity index (χ4v) is 3.15. The van der Waals surface area contributed by atoms with Crippen molar-refractivity contribution in [2.75, 3.05) is 11.9 Å². The maximum atomic E-state index is 12.3. The van der Waals surface area contributed by atoms with Crippen LogP contribution in [0, 0.1) is 3.57 Å². The van der Waals surface area contributed by atoms with Gasteiger partial charge >= 0.3 is 11.7 Å². The Hall–Kier alpha value is -2.96. The van der Waals surface area contributed by atoms with Gasteiger partial charge in [-0.2, -0.15) is 0 Å². The lowest BCUT2D eigenvalue weighted by Crippen LogP contribution is -2.37. The molecule has 0 unspecified atom stereocenters. The zero-order chi connectivity index (χ0) is 20.4. The maximum absolute atomic E-state index is 12.3. The number of carbonyl (C=O) groups excluding carboxylic acids is 2. The van der Waals surface area contributed by atoms with E-state index in [-0.39, 0.29) is 17.7 Å². The highest BCUT2D eigenvalue weighted by Gasteiger charge is 2.17. The number of rotatable bonds is 5. The van der Waals surface area contributed by atoms with Crippen molar-refractivity contribution in [3.8, 4) is 0 Å². The van der Waals surface area contributed by atoms with Crippen molar-refractivity contribution in [2.24, 2.45) is 14.1 Å². The van der Waals surface area contributed by atoms with E-state index in [4.69, 9.17) is 4.74 Å². The molecule has 0 fully saturated rings. The molecule has 11 heteroatoms. The molecule has 0 aliphatic rings. The molecule has 28 heavy (non-hydrogen) atoms. The highest BCUT2D eigenvalue weighted by atomic mass is 127. The number of amides is 1. The monoisotopic (exact) mass is 497 g/mol. The Bertz CT molecular complexity index is 1190. The number of ether oxygens (including phenoxy) is 1. The summed E-state index contributed by atoms with van der Waals surface area (Å²) >= 11 is 2.12. The number of anilines is 1. The Kier molecular flexibility index (Phi) is 5.63. The molecule has 3 rings (SSSR count). The average molecular weight is 497 g/mol. The largest absolute Gasteiger partial charge is 0.454 e. The molecule has 2 heterocycles. The number of imidazole rings is 1. The fourth-order valence-electron chi connectivity index (χ4n) is 2.61. The van der Waals surface area contributed by atoms with E-state index in [1.807, 2.05) is 6.07 Å². The minimum Gasteiger partial charge on any atom is -0.454 e. The number of aromatic nitrogens is 4. The van der Waals surface area contributed by atoms with Crippen molar-refractivity contribution in [3.63, 3.8) is 0 Å². The summed E-state index contributed by atoms with van der Waals surface area (Å²) in [6.45, 7) is -0.784. The lowest BCUT2D eigenvalue weighted by atomic mass is 10.3. The van der Waals surface area contributed by atoms with Crippen molar-refractivity contribution >= 4 is 51.3 Å². The van der Waals surface area contributed by atoms with Crippen LogP contribution in [0.4, 0.5) is 5.69 Å². The predicted octanol–water partition coefficient (Wildman–Crippen LogP) is 0.220. The molecule has 0 atom stereocenters. The molecule has 0 aliphatic carbocycles. The quantitative estimate of drug-likeness (QED) is 0.398. The number of aryl methyl sites for hydroxylation is 1. The number of fused-ring (bicyclic) bond motifs is 1. The first kappa shape index (κ1) is 19.8. The Balaban J connectivity index is 1.68. The van der Waals surface area contributed by atoms with Crippen molar-refractivity contribution in [2.45, 2.75) is 6.54 Å². The van der Waals surface area contributed by atoms with Crippen LogP contribution in [0.25, 0.3) is 11.2 Å². The zero-order valence-corrected chi connectivity index (χ0v) is 17.2. The lowest BCUT2D eigenvalue weighted by Gasteiger charge is -2.08. The van der Waals surface area contributed by atoms with Gasteiger partial charge in [0.1, 0.15) is 6.54 Å². The molecule has 146 valence electrons. The van der Waals surface area contributed by atoms with Crippen molar-refractivity contribution < 1.29 is 14.3 Å². The van der Waals surface area contributed by atoms with E-state index in [0.717, 1.165) is 8.14 Å². The number of halogens is 1. The van der Waals surface area contributed by atoms with Gasteiger partial charge in [0.25, 0.3) is 11.5 Å². The molecule has 0 aliphatic heterocycles. The van der Waals surface area contributed by atoms with E-state index in [1.165, 1.54) is 29.6 Å². The van der Waals surface area contributed by atoms with E-state index < -0.39 is 29.7 Å². The summed E-state index contributed by atoms with van der Waals surface area (Å²) in [6.07, 6.45) is 1.28. The van der Waals surface area contributed by atoms with Crippen LogP contribution in [0.2, 0.25) is 0 Å². The van der Waals surface area contributed by atoms with Crippen molar-refractivity contribution in [1.82, 2.24) is 18.7 Å². The van der Waals surface area contributed by atoms with Gasteiger partial charge in [0.15, 0.2) is 17.8 Å². The molecular formula is C17H16IN5O5. The third-order valence-corrected chi connectivity index (χ3v) is 4.66. The van der Waals surface area contributed by atoms with Gasteiger partial charge in [-0.1, -0.05) is 6.07 Å². The second-order valence-corrected chi connectivity index (χ2v) is 7.22. The standard InChI is InChI=1S/C17H16IN5O5/c1-21-15-14(16(26)22(2)17(21)27)23(9-19-15)7-13(25)28-8-12(24)20-11-5-3-4-10(18)6-11/h3-6,9H,7-8H2,1-2H3,(H,20,24). The second-order valence-electron chi connectivity index (χ2n) is 5.97. The minimum atomic E-state index is -0.715. The van der Waals surface area contributed by atoms with Gasteiger partial charge in [-0.3, -0.25) is 23.5 Å². The topological polar surface area (TPSA) is 117 Å². The fraction of sp³-hybridized carbons (Fsp3) is 0.235. The summed E-state index contributed by atoms with van der Waals surface area (Å²) in [6, 6.07) is 7.17. The number of benzene rings is 1. The van der Waals surface area contributed by atoms with Gasteiger partial charge in [-0.15, -0.1) is 0 Å². The summed E-state index contributed by atoms with van der Waals surface area (Å²) in [5, 5.41) is 2.63. The summed E-state index contributed by atoms with van der Waals surface area (Å²) in [4.78, 5) is 52.3. The number of hydrogen-bond acceptors (Lipinski definition) is 6. The highest BCUT2D eigenvalue weighted by Crippen LogP contribution is 2.12. The summed E-state index contributed by atoms with van der Waals surface area (Å²) in [7, 11) is 2.82. The first-order chi connectivity index (χ1) is 13.3. The van der Waals surface area contributed by atoms with E-state index in [2.05, 4.69) is 32.9 Å². The van der Waals surface area contributed by atoms with E-state index >= 15 is 0 Å². The Morgan fingerprint density at radius 3 is 2.68 bits per heavy atom. The molecule has 0 saturated carbocycles. The van der Waals surface area contributed by atoms with Crippen LogP contribution in [-0.2, 0) is 35.0 Å².